The number of ether oxygens (including phenoxy) is 1. The third kappa shape index (κ3) is 2.85. The summed E-state index contributed by atoms with van der Waals surface area (Å²) >= 11 is 1.62. The van der Waals surface area contributed by atoms with Crippen molar-refractivity contribution in [2.45, 2.75) is 20.5 Å². The summed E-state index contributed by atoms with van der Waals surface area (Å²) in [7, 11) is 0. The molecule has 0 radical (unpaired) electrons. The van der Waals surface area contributed by atoms with Crippen LogP contribution in [0.25, 0.3) is 10.2 Å². The minimum Gasteiger partial charge on any atom is -0.435 e. The maximum atomic E-state index is 12.1. The molecule has 0 amide bonds. The summed E-state index contributed by atoms with van der Waals surface area (Å²) in [6.45, 7) is 1.25. The zero-order valence-electron chi connectivity index (χ0n) is 11.9. The second-order valence-corrected chi connectivity index (χ2v) is 5.92. The summed E-state index contributed by atoms with van der Waals surface area (Å²) in [5.74, 6) is 0.824. The molecule has 0 saturated carbocycles. The lowest BCUT2D eigenvalue weighted by atomic mass is 10.2. The first-order chi connectivity index (χ1) is 10.5. The third-order valence-electron chi connectivity index (χ3n) is 3.31. The Bertz CT molecular complexity index is 802. The fraction of sp³-hybridized carbons (Fsp3) is 0.200. The van der Waals surface area contributed by atoms with Crippen molar-refractivity contribution in [2.24, 2.45) is 0 Å². The van der Waals surface area contributed by atoms with Gasteiger partial charge in [-0.25, -0.2) is 9.97 Å². The Labute approximate surface area is 129 Å². The van der Waals surface area contributed by atoms with Crippen molar-refractivity contribution in [3.05, 3.63) is 41.0 Å². The maximum absolute atomic E-state index is 12.1. The van der Waals surface area contributed by atoms with Gasteiger partial charge in [-0.1, -0.05) is 0 Å². The number of thiophene rings is 1. The van der Waals surface area contributed by atoms with Crippen molar-refractivity contribution in [1.29, 1.82) is 0 Å². The number of halogens is 2. The second-order valence-electron chi connectivity index (χ2n) is 4.71. The number of aryl methyl sites for hydroxylation is 2. The average Bonchev–Trinajstić information content (AvgIpc) is 2.77. The minimum atomic E-state index is -2.82. The summed E-state index contributed by atoms with van der Waals surface area (Å²) in [6.07, 6.45) is 1.51. The van der Waals surface area contributed by atoms with E-state index >= 15 is 0 Å². The number of nitrogens with one attached hydrogen (secondary N) is 1. The predicted molar refractivity (Wildman–Crippen MR) is 83.2 cm³/mol. The van der Waals surface area contributed by atoms with E-state index in [2.05, 4.69) is 20.0 Å². The Hall–Kier alpha value is -2.28. The number of nitrogens with zero attached hydrogens (tertiary/aromatic N) is 2. The van der Waals surface area contributed by atoms with Crippen molar-refractivity contribution in [2.75, 3.05) is 5.32 Å². The third-order valence-corrected chi connectivity index (χ3v) is 4.42. The van der Waals surface area contributed by atoms with E-state index in [0.717, 1.165) is 21.5 Å². The molecule has 1 aromatic carbocycles. The van der Waals surface area contributed by atoms with Gasteiger partial charge in [-0.15, -0.1) is 11.3 Å². The molecule has 0 aliphatic carbocycles. The normalized spacial score (nSPS) is 11.1. The minimum absolute atomic E-state index is 0.121. The SMILES string of the molecule is Cc1sc2ncnc(Nc3ccc(OC(F)F)cc3)c2c1C. The van der Waals surface area contributed by atoms with Crippen LogP contribution in [0.2, 0.25) is 0 Å². The van der Waals surface area contributed by atoms with E-state index < -0.39 is 6.61 Å². The van der Waals surface area contributed by atoms with Crippen molar-refractivity contribution in [3.63, 3.8) is 0 Å². The topological polar surface area (TPSA) is 47.0 Å². The highest BCUT2D eigenvalue weighted by Crippen LogP contribution is 2.33. The molecular weight excluding hydrogens is 308 g/mol. The highest BCUT2D eigenvalue weighted by Gasteiger charge is 2.12. The molecule has 0 spiro atoms. The molecule has 7 heteroatoms. The molecule has 4 nitrogen and oxygen atoms in total. The lowest BCUT2D eigenvalue weighted by molar-refractivity contribution is -0.0498. The zero-order valence-corrected chi connectivity index (χ0v) is 12.7. The average molecular weight is 321 g/mol. The molecule has 2 heterocycles. The molecule has 0 saturated heterocycles. The van der Waals surface area contributed by atoms with Crippen LogP contribution in [0.3, 0.4) is 0 Å². The summed E-state index contributed by atoms with van der Waals surface area (Å²) in [4.78, 5) is 10.7. The highest BCUT2D eigenvalue weighted by atomic mass is 32.1. The van der Waals surface area contributed by atoms with E-state index in [1.165, 1.54) is 23.3 Å². The zero-order chi connectivity index (χ0) is 15.7. The van der Waals surface area contributed by atoms with Crippen LogP contribution in [0, 0.1) is 13.8 Å². The van der Waals surface area contributed by atoms with Crippen LogP contribution in [-0.4, -0.2) is 16.6 Å². The van der Waals surface area contributed by atoms with Gasteiger partial charge in [0.2, 0.25) is 0 Å². The molecule has 0 unspecified atom stereocenters. The summed E-state index contributed by atoms with van der Waals surface area (Å²) in [5, 5.41) is 4.18. The van der Waals surface area contributed by atoms with Gasteiger partial charge in [-0.05, 0) is 43.7 Å². The van der Waals surface area contributed by atoms with Crippen molar-refractivity contribution in [1.82, 2.24) is 9.97 Å². The molecule has 0 atom stereocenters. The number of fused-ring (bicyclic) bond motifs is 1. The number of aromatic nitrogens is 2. The lowest BCUT2D eigenvalue weighted by Crippen LogP contribution is -2.02. The Balaban J connectivity index is 1.90. The second kappa shape index (κ2) is 5.84. The smallest absolute Gasteiger partial charge is 0.387 e. The standard InChI is InChI=1S/C15H13F2N3OS/c1-8-9(2)22-14-12(8)13(18-7-19-14)20-10-3-5-11(6-4-10)21-15(16)17/h3-7,15H,1-2H3,(H,18,19,20). The molecule has 22 heavy (non-hydrogen) atoms. The molecule has 1 N–H and O–H groups in total. The largest absolute Gasteiger partial charge is 0.435 e. The number of anilines is 2. The van der Waals surface area contributed by atoms with E-state index in [0.29, 0.717) is 5.82 Å². The first-order valence-electron chi connectivity index (χ1n) is 6.57. The molecular formula is C15H13F2N3OS. The number of hydrogen-bond acceptors (Lipinski definition) is 5. The molecule has 0 fully saturated rings. The van der Waals surface area contributed by atoms with Crippen molar-refractivity contribution >= 4 is 33.1 Å². The van der Waals surface area contributed by atoms with Gasteiger partial charge < -0.3 is 10.1 Å². The molecule has 3 aromatic rings. The molecule has 2 aromatic heterocycles. The first kappa shape index (κ1) is 14.6. The van der Waals surface area contributed by atoms with E-state index in [9.17, 15) is 8.78 Å². The highest BCUT2D eigenvalue weighted by molar-refractivity contribution is 7.18. The molecule has 0 aliphatic rings. The summed E-state index contributed by atoms with van der Waals surface area (Å²) in [6, 6.07) is 6.30. The summed E-state index contributed by atoms with van der Waals surface area (Å²) < 4.78 is 28.6. The van der Waals surface area contributed by atoms with E-state index in [1.54, 1.807) is 23.5 Å². The Morgan fingerprint density at radius 1 is 1.14 bits per heavy atom. The van der Waals surface area contributed by atoms with Crippen LogP contribution in [0.4, 0.5) is 20.3 Å². The lowest BCUT2D eigenvalue weighted by Gasteiger charge is -2.09. The number of alkyl halides is 2. The summed E-state index contributed by atoms with van der Waals surface area (Å²) in [5.41, 5.74) is 1.88. The van der Waals surface area contributed by atoms with Gasteiger partial charge in [-0.3, -0.25) is 0 Å². The van der Waals surface area contributed by atoms with E-state index in [1.807, 2.05) is 13.8 Å². The van der Waals surface area contributed by atoms with Crippen LogP contribution >= 0.6 is 11.3 Å². The molecule has 0 bridgehead atoms. The predicted octanol–water partition coefficient (Wildman–Crippen LogP) is 4.65. The van der Waals surface area contributed by atoms with Crippen LogP contribution in [0.5, 0.6) is 5.75 Å². The van der Waals surface area contributed by atoms with Gasteiger partial charge in [0.15, 0.2) is 0 Å². The van der Waals surface area contributed by atoms with Crippen molar-refractivity contribution in [3.8, 4) is 5.75 Å². The van der Waals surface area contributed by atoms with Crippen LogP contribution in [-0.2, 0) is 0 Å². The monoisotopic (exact) mass is 321 g/mol. The quantitative estimate of drug-likeness (QED) is 0.759. The fourth-order valence-electron chi connectivity index (χ4n) is 2.13. The molecule has 114 valence electrons. The van der Waals surface area contributed by atoms with E-state index in [4.69, 9.17) is 0 Å². The van der Waals surface area contributed by atoms with E-state index in [-0.39, 0.29) is 5.75 Å². The van der Waals surface area contributed by atoms with Crippen LogP contribution in [0.15, 0.2) is 30.6 Å². The Kier molecular flexibility index (Phi) is 3.89. The number of benzene rings is 1. The number of hydrogen-bond donors (Lipinski definition) is 1. The van der Waals surface area contributed by atoms with Gasteiger partial charge >= 0.3 is 6.61 Å². The van der Waals surface area contributed by atoms with Crippen LogP contribution < -0.4 is 10.1 Å². The number of rotatable bonds is 4. The molecule has 0 aliphatic heterocycles. The Morgan fingerprint density at radius 3 is 2.55 bits per heavy atom. The maximum Gasteiger partial charge on any atom is 0.387 e. The van der Waals surface area contributed by atoms with Gasteiger partial charge in [0.1, 0.15) is 22.7 Å². The first-order valence-corrected chi connectivity index (χ1v) is 7.39. The van der Waals surface area contributed by atoms with Crippen molar-refractivity contribution < 1.29 is 13.5 Å². The van der Waals surface area contributed by atoms with Gasteiger partial charge in [-0.2, -0.15) is 8.78 Å². The Morgan fingerprint density at radius 2 is 1.86 bits per heavy atom. The fourth-order valence-corrected chi connectivity index (χ4v) is 3.13. The van der Waals surface area contributed by atoms with Gasteiger partial charge in [0.05, 0.1) is 5.39 Å². The van der Waals surface area contributed by atoms with Gasteiger partial charge in [0.25, 0.3) is 0 Å². The van der Waals surface area contributed by atoms with Crippen LogP contribution in [0.1, 0.15) is 10.4 Å². The molecule has 3 rings (SSSR count). The van der Waals surface area contributed by atoms with Gasteiger partial charge in [0, 0.05) is 10.6 Å².